The lowest BCUT2D eigenvalue weighted by atomic mass is 10.1. The topological polar surface area (TPSA) is 84.9 Å². The number of likely N-dealkylation sites (tertiary alicyclic amines) is 1. The molecule has 1 N–H and O–H groups in total. The highest BCUT2D eigenvalue weighted by Crippen LogP contribution is 2.18. The maximum Gasteiger partial charge on any atom is 0.324 e. The number of carbonyl (C=O) groups is 1. The molecule has 168 valence electrons. The Morgan fingerprint density at radius 1 is 1.06 bits per heavy atom. The fourth-order valence-corrected chi connectivity index (χ4v) is 4.50. The van der Waals surface area contributed by atoms with Gasteiger partial charge < -0.3 is 9.47 Å². The molecule has 2 aromatic carbocycles. The Bertz CT molecular complexity index is 958. The quantitative estimate of drug-likeness (QED) is 0.592. The van der Waals surface area contributed by atoms with E-state index in [1.54, 1.807) is 24.3 Å². The van der Waals surface area contributed by atoms with E-state index < -0.39 is 22.0 Å². The zero-order valence-electron chi connectivity index (χ0n) is 17.4. The molecule has 3 rings (SSSR count). The molecule has 0 saturated carbocycles. The summed E-state index contributed by atoms with van der Waals surface area (Å²) in [4.78, 5) is 14.2. The largest absolute Gasteiger partial charge is 0.489 e. The number of methoxy groups -OCH3 is 1. The van der Waals surface area contributed by atoms with Crippen molar-refractivity contribution < 1.29 is 27.1 Å². The highest BCUT2D eigenvalue weighted by Gasteiger charge is 2.29. The summed E-state index contributed by atoms with van der Waals surface area (Å²) in [6.07, 6.45) is 3.05. The Kier molecular flexibility index (Phi) is 8.00. The zero-order valence-corrected chi connectivity index (χ0v) is 18.2. The van der Waals surface area contributed by atoms with Crippen LogP contribution < -0.4 is 9.46 Å². The fraction of sp³-hybridized carbons (Fsp3) is 0.409. The molecule has 1 fully saturated rings. The maximum atomic E-state index is 13.0. The summed E-state index contributed by atoms with van der Waals surface area (Å²) in [6, 6.07) is 11.3. The number of piperidine rings is 1. The van der Waals surface area contributed by atoms with Gasteiger partial charge in [-0.15, -0.1) is 0 Å². The van der Waals surface area contributed by atoms with Crippen LogP contribution in [-0.2, 0) is 26.2 Å². The van der Waals surface area contributed by atoms with E-state index >= 15 is 0 Å². The third kappa shape index (κ3) is 6.49. The predicted molar refractivity (Wildman–Crippen MR) is 114 cm³/mol. The monoisotopic (exact) mass is 450 g/mol. The van der Waals surface area contributed by atoms with Crippen molar-refractivity contribution >= 4 is 16.0 Å². The number of hydrogen-bond donors (Lipinski definition) is 1. The van der Waals surface area contributed by atoms with E-state index in [0.717, 1.165) is 37.9 Å². The summed E-state index contributed by atoms with van der Waals surface area (Å²) in [6.45, 7) is 1.66. The summed E-state index contributed by atoms with van der Waals surface area (Å²) in [5.74, 6) is -0.279. The standard InChI is InChI=1S/C22H27FN2O5S/c1-29-22(26)21(25-13-3-2-4-14-25)15-24-31(27,28)20-11-9-19(10-12-20)30-16-17-5-7-18(23)8-6-17/h5-12,21,24H,2-4,13-16H2,1H3/t21-/m0/s1. The summed E-state index contributed by atoms with van der Waals surface area (Å²) in [7, 11) is -2.50. The molecule has 0 radical (unpaired) electrons. The molecule has 1 aliphatic rings. The first-order valence-corrected chi connectivity index (χ1v) is 11.7. The Morgan fingerprint density at radius 3 is 2.32 bits per heavy atom. The Hall–Kier alpha value is -2.49. The number of rotatable bonds is 9. The molecule has 1 atom stereocenters. The molecule has 0 amide bonds. The van der Waals surface area contributed by atoms with Gasteiger partial charge in [0, 0.05) is 6.54 Å². The minimum Gasteiger partial charge on any atom is -0.489 e. The predicted octanol–water partition coefficient (Wildman–Crippen LogP) is 2.71. The van der Waals surface area contributed by atoms with E-state index in [1.807, 2.05) is 4.90 Å². The van der Waals surface area contributed by atoms with Gasteiger partial charge in [-0.25, -0.2) is 17.5 Å². The van der Waals surface area contributed by atoms with Gasteiger partial charge in [-0.05, 0) is 67.9 Å². The lowest BCUT2D eigenvalue weighted by molar-refractivity contribution is -0.147. The third-order valence-corrected chi connectivity index (χ3v) is 6.66. The van der Waals surface area contributed by atoms with Crippen molar-refractivity contribution in [3.8, 4) is 5.75 Å². The normalized spacial score (nSPS) is 15.9. The van der Waals surface area contributed by atoms with Gasteiger partial charge in [0.25, 0.3) is 0 Å². The highest BCUT2D eigenvalue weighted by atomic mass is 32.2. The van der Waals surface area contributed by atoms with Gasteiger partial charge in [0.2, 0.25) is 10.0 Å². The van der Waals surface area contributed by atoms with E-state index in [0.29, 0.717) is 5.75 Å². The van der Waals surface area contributed by atoms with Gasteiger partial charge in [0.1, 0.15) is 24.2 Å². The van der Waals surface area contributed by atoms with Crippen LogP contribution in [0.1, 0.15) is 24.8 Å². The van der Waals surface area contributed by atoms with E-state index in [2.05, 4.69) is 4.72 Å². The summed E-state index contributed by atoms with van der Waals surface area (Å²) < 4.78 is 51.4. The van der Waals surface area contributed by atoms with Crippen molar-refractivity contribution in [2.45, 2.75) is 36.8 Å². The summed E-state index contributed by atoms with van der Waals surface area (Å²) in [5.41, 5.74) is 0.798. The van der Waals surface area contributed by atoms with E-state index in [1.165, 1.54) is 31.4 Å². The average molecular weight is 451 g/mol. The SMILES string of the molecule is COC(=O)[C@H](CNS(=O)(=O)c1ccc(OCc2ccc(F)cc2)cc1)N1CCCCC1. The van der Waals surface area contributed by atoms with Crippen LogP contribution in [0.3, 0.4) is 0 Å². The van der Waals surface area contributed by atoms with Gasteiger partial charge in [-0.1, -0.05) is 18.6 Å². The molecular weight excluding hydrogens is 423 g/mol. The first-order chi connectivity index (χ1) is 14.9. The van der Waals surface area contributed by atoms with Crippen LogP contribution in [0.15, 0.2) is 53.4 Å². The van der Waals surface area contributed by atoms with Gasteiger partial charge in [0.05, 0.1) is 12.0 Å². The van der Waals surface area contributed by atoms with Crippen molar-refractivity contribution in [1.82, 2.24) is 9.62 Å². The number of esters is 1. The molecule has 0 unspecified atom stereocenters. The molecule has 0 aliphatic carbocycles. The molecule has 0 bridgehead atoms. The molecule has 9 heteroatoms. The van der Waals surface area contributed by atoms with E-state index in [4.69, 9.17) is 9.47 Å². The van der Waals surface area contributed by atoms with Crippen LogP contribution in [0.2, 0.25) is 0 Å². The van der Waals surface area contributed by atoms with Crippen LogP contribution in [0, 0.1) is 5.82 Å². The zero-order chi connectivity index (χ0) is 22.3. The molecule has 0 spiro atoms. The second kappa shape index (κ2) is 10.7. The van der Waals surface area contributed by atoms with Gasteiger partial charge in [0.15, 0.2) is 0 Å². The van der Waals surface area contributed by atoms with Crippen molar-refractivity contribution in [3.05, 3.63) is 59.9 Å². The van der Waals surface area contributed by atoms with Crippen molar-refractivity contribution in [2.75, 3.05) is 26.7 Å². The fourth-order valence-electron chi connectivity index (χ4n) is 3.46. The van der Waals surface area contributed by atoms with Crippen molar-refractivity contribution in [3.63, 3.8) is 0 Å². The highest BCUT2D eigenvalue weighted by molar-refractivity contribution is 7.89. The number of nitrogens with zero attached hydrogens (tertiary/aromatic N) is 1. The van der Waals surface area contributed by atoms with E-state index in [9.17, 15) is 17.6 Å². The van der Waals surface area contributed by atoms with Crippen LogP contribution in [0.25, 0.3) is 0 Å². The number of halogens is 1. The molecule has 7 nitrogen and oxygen atoms in total. The van der Waals surface area contributed by atoms with Crippen LogP contribution >= 0.6 is 0 Å². The molecule has 31 heavy (non-hydrogen) atoms. The Balaban J connectivity index is 1.59. The number of hydrogen-bond acceptors (Lipinski definition) is 6. The lowest BCUT2D eigenvalue weighted by Gasteiger charge is -2.32. The van der Waals surface area contributed by atoms with Gasteiger partial charge >= 0.3 is 5.97 Å². The minimum atomic E-state index is -3.81. The maximum absolute atomic E-state index is 13.0. The first kappa shape index (κ1) is 23.2. The summed E-state index contributed by atoms with van der Waals surface area (Å²) >= 11 is 0. The number of carbonyl (C=O) groups excluding carboxylic acids is 1. The molecule has 0 aromatic heterocycles. The van der Waals surface area contributed by atoms with Crippen LogP contribution in [0.4, 0.5) is 4.39 Å². The Morgan fingerprint density at radius 2 is 1.71 bits per heavy atom. The second-order valence-electron chi connectivity index (χ2n) is 7.37. The molecule has 2 aromatic rings. The van der Waals surface area contributed by atoms with Crippen LogP contribution in [-0.4, -0.2) is 52.1 Å². The number of sulfonamides is 1. The first-order valence-electron chi connectivity index (χ1n) is 10.2. The Labute approximate surface area is 182 Å². The van der Waals surface area contributed by atoms with E-state index in [-0.39, 0.29) is 23.9 Å². The summed E-state index contributed by atoms with van der Waals surface area (Å²) in [5, 5.41) is 0. The van der Waals surface area contributed by atoms with Crippen molar-refractivity contribution in [2.24, 2.45) is 0 Å². The minimum absolute atomic E-state index is 0.0577. The average Bonchev–Trinajstić information content (AvgIpc) is 2.79. The molecule has 1 saturated heterocycles. The third-order valence-electron chi connectivity index (χ3n) is 5.22. The van der Waals surface area contributed by atoms with Crippen molar-refractivity contribution in [1.29, 1.82) is 0 Å². The number of benzene rings is 2. The number of ether oxygens (including phenoxy) is 2. The number of nitrogens with one attached hydrogen (secondary N) is 1. The smallest absolute Gasteiger partial charge is 0.324 e. The second-order valence-corrected chi connectivity index (χ2v) is 9.14. The molecule has 1 aliphatic heterocycles. The molecule has 1 heterocycles. The van der Waals surface area contributed by atoms with Gasteiger partial charge in [-0.2, -0.15) is 0 Å². The lowest BCUT2D eigenvalue weighted by Crippen LogP contribution is -2.50. The van der Waals surface area contributed by atoms with Gasteiger partial charge in [-0.3, -0.25) is 9.69 Å². The molecular formula is C22H27FN2O5S. The van der Waals surface area contributed by atoms with Crippen LogP contribution in [0.5, 0.6) is 5.75 Å².